The number of hydrogen-bond acceptors (Lipinski definition) is 3. The number of hydrogen-bond donors (Lipinski definition) is 1. The molecule has 1 aromatic heterocycles. The van der Waals surface area contributed by atoms with Gasteiger partial charge in [-0.25, -0.2) is 0 Å². The first-order valence-corrected chi connectivity index (χ1v) is 6.90. The second-order valence-corrected chi connectivity index (χ2v) is 5.66. The summed E-state index contributed by atoms with van der Waals surface area (Å²) in [6.45, 7) is 0. The highest BCUT2D eigenvalue weighted by Crippen LogP contribution is 2.35. The number of aliphatic hydroxyl groups excluding tert-OH is 1. The van der Waals surface area contributed by atoms with Crippen LogP contribution in [0, 0.1) is 0 Å². The summed E-state index contributed by atoms with van der Waals surface area (Å²) < 4.78 is 5.64. The van der Waals surface area contributed by atoms with E-state index in [2.05, 4.69) is 11.4 Å². The van der Waals surface area contributed by atoms with E-state index in [1.54, 1.807) is 18.4 Å². The van der Waals surface area contributed by atoms with Crippen molar-refractivity contribution >= 4 is 11.3 Å². The molecule has 1 N–H and O–H groups in total. The van der Waals surface area contributed by atoms with E-state index in [4.69, 9.17) is 4.74 Å². The van der Waals surface area contributed by atoms with Gasteiger partial charge in [-0.15, -0.1) is 11.3 Å². The first-order chi connectivity index (χ1) is 7.77. The molecule has 1 heterocycles. The minimum absolute atomic E-state index is 0.289. The van der Waals surface area contributed by atoms with Gasteiger partial charge in [-0.05, 0) is 24.3 Å². The summed E-state index contributed by atoms with van der Waals surface area (Å²) in [5.74, 6) is 0. The van der Waals surface area contributed by atoms with Crippen LogP contribution in [0.5, 0.6) is 0 Å². The summed E-state index contributed by atoms with van der Waals surface area (Å²) >= 11 is 1.71. The fourth-order valence-corrected chi connectivity index (χ4v) is 3.37. The molecular weight excluding hydrogens is 220 g/mol. The molecule has 1 aromatic rings. The number of ether oxygens (including phenoxy) is 1. The van der Waals surface area contributed by atoms with Crippen LogP contribution in [0.25, 0.3) is 0 Å². The van der Waals surface area contributed by atoms with Gasteiger partial charge in [-0.2, -0.15) is 0 Å². The maximum absolute atomic E-state index is 10.4. The average molecular weight is 240 g/mol. The molecular formula is C13H20O2S. The lowest BCUT2D eigenvalue weighted by molar-refractivity contribution is -0.122. The number of methoxy groups -OCH3 is 1. The predicted molar refractivity (Wildman–Crippen MR) is 66.9 cm³/mol. The van der Waals surface area contributed by atoms with Crippen LogP contribution >= 0.6 is 11.3 Å². The minimum atomic E-state index is -0.364. The summed E-state index contributed by atoms with van der Waals surface area (Å²) in [6.07, 6.45) is 5.98. The Balaban J connectivity index is 2.02. The van der Waals surface area contributed by atoms with E-state index in [9.17, 15) is 5.11 Å². The van der Waals surface area contributed by atoms with Gasteiger partial charge in [0.15, 0.2) is 0 Å². The van der Waals surface area contributed by atoms with Crippen molar-refractivity contribution in [1.82, 2.24) is 0 Å². The highest BCUT2D eigenvalue weighted by Gasteiger charge is 2.39. The fraction of sp³-hybridized carbons (Fsp3) is 0.692. The Bertz CT molecular complexity index is 302. The zero-order valence-electron chi connectivity index (χ0n) is 9.82. The number of rotatable bonds is 4. The van der Waals surface area contributed by atoms with Crippen LogP contribution in [0.3, 0.4) is 0 Å². The first kappa shape index (κ1) is 12.1. The second kappa shape index (κ2) is 5.30. The second-order valence-electron chi connectivity index (χ2n) is 4.63. The van der Waals surface area contributed by atoms with Gasteiger partial charge in [0, 0.05) is 18.4 Å². The zero-order chi connectivity index (χ0) is 11.4. The van der Waals surface area contributed by atoms with Crippen LogP contribution in [0.1, 0.15) is 37.0 Å². The Morgan fingerprint density at radius 1 is 1.44 bits per heavy atom. The third kappa shape index (κ3) is 2.47. The zero-order valence-corrected chi connectivity index (χ0v) is 10.6. The number of aliphatic hydroxyl groups is 1. The Morgan fingerprint density at radius 3 is 2.75 bits per heavy atom. The minimum Gasteiger partial charge on any atom is -0.390 e. The maximum atomic E-state index is 10.4. The van der Waals surface area contributed by atoms with Crippen LogP contribution in [0.4, 0.5) is 0 Å². The average Bonchev–Trinajstić information content (AvgIpc) is 2.82. The Morgan fingerprint density at radius 2 is 2.19 bits per heavy atom. The monoisotopic (exact) mass is 240 g/mol. The van der Waals surface area contributed by atoms with Crippen molar-refractivity contribution in [2.45, 2.75) is 50.2 Å². The molecule has 3 heteroatoms. The molecule has 1 aliphatic rings. The molecule has 0 aromatic carbocycles. The SMILES string of the molecule is COC1(C(O)Cc2cccs2)CCCCC1. The van der Waals surface area contributed by atoms with Crippen molar-refractivity contribution in [3.63, 3.8) is 0 Å². The van der Waals surface area contributed by atoms with Crippen molar-refractivity contribution in [1.29, 1.82) is 0 Å². The molecule has 1 aliphatic carbocycles. The van der Waals surface area contributed by atoms with E-state index in [0.29, 0.717) is 0 Å². The summed E-state index contributed by atoms with van der Waals surface area (Å²) in [5.41, 5.74) is -0.289. The van der Waals surface area contributed by atoms with E-state index in [0.717, 1.165) is 19.3 Å². The largest absolute Gasteiger partial charge is 0.390 e. The summed E-state index contributed by atoms with van der Waals surface area (Å²) in [7, 11) is 1.74. The van der Waals surface area contributed by atoms with Crippen molar-refractivity contribution in [3.05, 3.63) is 22.4 Å². The standard InChI is InChI=1S/C13H20O2S/c1-15-13(7-3-2-4-8-13)12(14)10-11-6-5-9-16-11/h5-6,9,12,14H,2-4,7-8,10H2,1H3. The Hall–Kier alpha value is -0.380. The van der Waals surface area contributed by atoms with Crippen LogP contribution in [-0.2, 0) is 11.2 Å². The Kier molecular flexibility index (Phi) is 4.00. The van der Waals surface area contributed by atoms with Crippen LogP contribution < -0.4 is 0 Å². The van der Waals surface area contributed by atoms with E-state index in [1.165, 1.54) is 24.1 Å². The van der Waals surface area contributed by atoms with Gasteiger partial charge in [-0.3, -0.25) is 0 Å². The van der Waals surface area contributed by atoms with Crippen LogP contribution in [0.2, 0.25) is 0 Å². The molecule has 1 fully saturated rings. The van der Waals surface area contributed by atoms with Gasteiger partial charge < -0.3 is 9.84 Å². The number of thiophene rings is 1. The van der Waals surface area contributed by atoms with Gasteiger partial charge in [-0.1, -0.05) is 25.3 Å². The summed E-state index contributed by atoms with van der Waals surface area (Å²) in [5, 5.41) is 12.4. The molecule has 0 radical (unpaired) electrons. The lowest BCUT2D eigenvalue weighted by Gasteiger charge is -2.39. The van der Waals surface area contributed by atoms with Gasteiger partial charge in [0.25, 0.3) is 0 Å². The van der Waals surface area contributed by atoms with E-state index in [1.807, 2.05) is 6.07 Å². The fourth-order valence-electron chi connectivity index (χ4n) is 2.63. The van der Waals surface area contributed by atoms with Gasteiger partial charge in [0.2, 0.25) is 0 Å². The highest BCUT2D eigenvalue weighted by atomic mass is 32.1. The van der Waals surface area contributed by atoms with Crippen molar-refractivity contribution in [3.8, 4) is 0 Å². The van der Waals surface area contributed by atoms with Crippen LogP contribution in [-0.4, -0.2) is 23.9 Å². The molecule has 16 heavy (non-hydrogen) atoms. The van der Waals surface area contributed by atoms with Gasteiger partial charge in [0.1, 0.15) is 0 Å². The van der Waals surface area contributed by atoms with Crippen molar-refractivity contribution in [2.24, 2.45) is 0 Å². The van der Waals surface area contributed by atoms with Gasteiger partial charge in [0.05, 0.1) is 11.7 Å². The topological polar surface area (TPSA) is 29.5 Å². The molecule has 0 aliphatic heterocycles. The third-order valence-electron chi connectivity index (χ3n) is 3.69. The first-order valence-electron chi connectivity index (χ1n) is 6.02. The van der Waals surface area contributed by atoms with E-state index >= 15 is 0 Å². The molecule has 0 saturated heterocycles. The molecule has 0 spiro atoms. The molecule has 2 rings (SSSR count). The van der Waals surface area contributed by atoms with Crippen molar-refractivity contribution in [2.75, 3.05) is 7.11 Å². The molecule has 0 amide bonds. The molecule has 2 nitrogen and oxygen atoms in total. The van der Waals surface area contributed by atoms with Crippen molar-refractivity contribution < 1.29 is 9.84 Å². The lowest BCUT2D eigenvalue weighted by atomic mass is 9.79. The summed E-state index contributed by atoms with van der Waals surface area (Å²) in [4.78, 5) is 1.24. The normalized spacial score (nSPS) is 21.9. The third-order valence-corrected chi connectivity index (χ3v) is 4.59. The molecule has 1 atom stereocenters. The quantitative estimate of drug-likeness (QED) is 0.876. The maximum Gasteiger partial charge on any atom is 0.0939 e. The van der Waals surface area contributed by atoms with Gasteiger partial charge >= 0.3 is 0 Å². The predicted octanol–water partition coefficient (Wildman–Crippen LogP) is 3.00. The van der Waals surface area contributed by atoms with E-state index in [-0.39, 0.29) is 11.7 Å². The summed E-state index contributed by atoms with van der Waals surface area (Å²) in [6, 6.07) is 4.12. The molecule has 1 saturated carbocycles. The smallest absolute Gasteiger partial charge is 0.0939 e. The molecule has 1 unspecified atom stereocenters. The van der Waals surface area contributed by atoms with E-state index < -0.39 is 0 Å². The highest BCUT2D eigenvalue weighted by molar-refractivity contribution is 7.09. The molecule has 0 bridgehead atoms. The Labute approximate surface area is 101 Å². The van der Waals surface area contributed by atoms with Crippen LogP contribution in [0.15, 0.2) is 17.5 Å². The lowest BCUT2D eigenvalue weighted by Crippen LogP contribution is -2.46. The molecule has 90 valence electrons.